The van der Waals surface area contributed by atoms with Crippen LogP contribution in [-0.2, 0) is 4.74 Å². The molecule has 108 valence electrons. The van der Waals surface area contributed by atoms with Gasteiger partial charge in [-0.15, -0.1) is 0 Å². The molecule has 1 aromatic carbocycles. The molecule has 0 spiro atoms. The van der Waals surface area contributed by atoms with Gasteiger partial charge in [-0.05, 0) is 36.8 Å². The number of hydrogen-bond acceptors (Lipinski definition) is 3. The Morgan fingerprint density at radius 2 is 2.00 bits per heavy atom. The minimum absolute atomic E-state index is 0.0264. The molecule has 0 saturated carbocycles. The Bertz CT molecular complexity index is 479. The summed E-state index contributed by atoms with van der Waals surface area (Å²) in [5.41, 5.74) is 0.589. The van der Waals surface area contributed by atoms with Crippen LogP contribution >= 0.6 is 0 Å². The number of ether oxygens (including phenoxy) is 2. The number of hydrogen-bond donors (Lipinski definition) is 0. The molecule has 0 fully saturated rings. The molecule has 2 atom stereocenters. The molecule has 20 heavy (non-hydrogen) atoms. The van der Waals surface area contributed by atoms with Crippen molar-refractivity contribution in [2.24, 2.45) is 11.8 Å². The van der Waals surface area contributed by atoms with Crippen LogP contribution in [0.4, 0.5) is 0 Å². The van der Waals surface area contributed by atoms with Gasteiger partial charge in [0.15, 0.2) is 5.78 Å². The van der Waals surface area contributed by atoms with Gasteiger partial charge in [-0.3, -0.25) is 4.79 Å². The second-order valence-corrected chi connectivity index (χ2v) is 5.32. The number of Topliss-reactive ketones (excluding diaryl/α,β-unsaturated/α-hetero) is 1. The minimum atomic E-state index is -0.0264. The Morgan fingerprint density at radius 3 is 2.75 bits per heavy atom. The number of rotatable bonds is 6. The maximum Gasteiger partial charge on any atom is 0.192 e. The lowest BCUT2D eigenvalue weighted by Gasteiger charge is -2.24. The molecule has 0 radical (unpaired) electrons. The molecular formula is C17H22O3. The fraction of sp³-hybridized carbons (Fsp3) is 0.471. The Kier molecular flexibility index (Phi) is 5.36. The summed E-state index contributed by atoms with van der Waals surface area (Å²) in [6.45, 7) is 3.00. The van der Waals surface area contributed by atoms with Crippen LogP contribution in [0.2, 0.25) is 0 Å². The first-order valence-electron chi connectivity index (χ1n) is 7.11. The van der Waals surface area contributed by atoms with E-state index in [9.17, 15) is 4.79 Å². The number of carbonyl (C=O) groups excluding carboxylic acids is 1. The average molecular weight is 274 g/mol. The fourth-order valence-corrected chi connectivity index (χ4v) is 2.49. The van der Waals surface area contributed by atoms with E-state index in [1.165, 1.54) is 0 Å². The van der Waals surface area contributed by atoms with E-state index >= 15 is 0 Å². The molecule has 0 heterocycles. The normalized spacial score (nSPS) is 21.7. The van der Waals surface area contributed by atoms with Gasteiger partial charge in [0.1, 0.15) is 12.4 Å². The Morgan fingerprint density at radius 1 is 1.25 bits per heavy atom. The molecule has 0 aromatic heterocycles. The number of allylic oxidation sites excluding steroid dienone is 2. The zero-order valence-corrected chi connectivity index (χ0v) is 12.2. The largest absolute Gasteiger partial charge is 0.496 e. The first-order valence-corrected chi connectivity index (χ1v) is 7.11. The summed E-state index contributed by atoms with van der Waals surface area (Å²) in [5.74, 6) is 1.73. The highest BCUT2D eigenvalue weighted by Crippen LogP contribution is 2.25. The summed E-state index contributed by atoms with van der Waals surface area (Å²) >= 11 is 0. The zero-order chi connectivity index (χ0) is 14.4. The average Bonchev–Trinajstić information content (AvgIpc) is 2.49. The van der Waals surface area contributed by atoms with Crippen molar-refractivity contribution in [2.75, 3.05) is 20.3 Å². The van der Waals surface area contributed by atoms with Crippen molar-refractivity contribution in [1.29, 1.82) is 0 Å². The van der Waals surface area contributed by atoms with Crippen molar-refractivity contribution in [1.82, 2.24) is 0 Å². The van der Waals surface area contributed by atoms with E-state index in [-0.39, 0.29) is 12.4 Å². The Balaban J connectivity index is 1.84. The molecule has 0 N–H and O–H groups in total. The number of para-hydroxylation sites is 1. The fourth-order valence-electron chi connectivity index (χ4n) is 2.49. The molecule has 1 aliphatic rings. The number of carbonyl (C=O) groups is 1. The number of methoxy groups -OCH3 is 1. The molecule has 1 aromatic rings. The lowest BCUT2D eigenvalue weighted by molar-refractivity contribution is 0.0600. The van der Waals surface area contributed by atoms with E-state index in [0.29, 0.717) is 29.8 Å². The summed E-state index contributed by atoms with van der Waals surface area (Å²) in [5, 5.41) is 0. The predicted octanol–water partition coefficient (Wildman–Crippen LogP) is 3.50. The molecule has 0 saturated heterocycles. The highest BCUT2D eigenvalue weighted by atomic mass is 16.5. The summed E-state index contributed by atoms with van der Waals surface area (Å²) in [6.07, 6.45) is 6.58. The van der Waals surface area contributed by atoms with Crippen molar-refractivity contribution >= 4 is 5.78 Å². The maximum absolute atomic E-state index is 12.1. The second-order valence-electron chi connectivity index (χ2n) is 5.32. The van der Waals surface area contributed by atoms with Crippen LogP contribution in [0, 0.1) is 11.8 Å². The third-order valence-corrected chi connectivity index (χ3v) is 3.89. The molecule has 2 rings (SSSR count). The highest BCUT2D eigenvalue weighted by Gasteiger charge is 2.19. The third kappa shape index (κ3) is 3.70. The second kappa shape index (κ2) is 7.25. The van der Waals surface area contributed by atoms with E-state index in [1.807, 2.05) is 12.1 Å². The summed E-state index contributed by atoms with van der Waals surface area (Å²) in [6, 6.07) is 7.26. The van der Waals surface area contributed by atoms with E-state index in [4.69, 9.17) is 9.47 Å². The Hall–Kier alpha value is -1.61. The topological polar surface area (TPSA) is 35.5 Å². The van der Waals surface area contributed by atoms with Gasteiger partial charge in [0.2, 0.25) is 0 Å². The van der Waals surface area contributed by atoms with Gasteiger partial charge in [-0.1, -0.05) is 31.2 Å². The van der Waals surface area contributed by atoms with E-state index in [0.717, 1.165) is 12.8 Å². The van der Waals surface area contributed by atoms with E-state index < -0.39 is 0 Å². The predicted molar refractivity (Wildman–Crippen MR) is 79.2 cm³/mol. The first-order chi connectivity index (χ1) is 9.72. The van der Waals surface area contributed by atoms with Crippen LogP contribution in [0.1, 0.15) is 30.1 Å². The van der Waals surface area contributed by atoms with Crippen LogP contribution in [0.5, 0.6) is 5.75 Å². The van der Waals surface area contributed by atoms with Gasteiger partial charge in [0.25, 0.3) is 0 Å². The summed E-state index contributed by atoms with van der Waals surface area (Å²) in [7, 11) is 1.57. The van der Waals surface area contributed by atoms with Crippen LogP contribution in [-0.4, -0.2) is 26.1 Å². The van der Waals surface area contributed by atoms with Crippen LogP contribution < -0.4 is 4.74 Å². The summed E-state index contributed by atoms with van der Waals surface area (Å²) in [4.78, 5) is 12.1. The summed E-state index contributed by atoms with van der Waals surface area (Å²) < 4.78 is 10.8. The monoisotopic (exact) mass is 274 g/mol. The van der Waals surface area contributed by atoms with Crippen LogP contribution in [0.3, 0.4) is 0 Å². The molecule has 2 unspecified atom stereocenters. The van der Waals surface area contributed by atoms with Gasteiger partial charge < -0.3 is 9.47 Å². The molecule has 1 aliphatic carbocycles. The molecular weight excluding hydrogens is 252 g/mol. The molecule has 0 bridgehead atoms. The SMILES string of the molecule is COc1ccccc1C(=O)COCC1CC=CCC1C. The smallest absolute Gasteiger partial charge is 0.192 e. The van der Waals surface area contributed by atoms with E-state index in [1.54, 1.807) is 19.2 Å². The van der Waals surface area contributed by atoms with Crippen molar-refractivity contribution in [3.63, 3.8) is 0 Å². The number of benzene rings is 1. The van der Waals surface area contributed by atoms with Gasteiger partial charge in [-0.25, -0.2) is 0 Å². The van der Waals surface area contributed by atoms with Crippen molar-refractivity contribution < 1.29 is 14.3 Å². The lowest BCUT2D eigenvalue weighted by Crippen LogP contribution is -2.21. The van der Waals surface area contributed by atoms with Crippen molar-refractivity contribution in [3.05, 3.63) is 42.0 Å². The highest BCUT2D eigenvalue weighted by molar-refractivity contribution is 5.99. The molecule has 0 aliphatic heterocycles. The van der Waals surface area contributed by atoms with Gasteiger partial charge in [0, 0.05) is 0 Å². The van der Waals surface area contributed by atoms with E-state index in [2.05, 4.69) is 19.1 Å². The van der Waals surface area contributed by atoms with Crippen molar-refractivity contribution in [3.8, 4) is 5.75 Å². The number of ketones is 1. The molecule has 3 nitrogen and oxygen atoms in total. The standard InChI is InChI=1S/C17H22O3/c1-13-7-3-4-8-14(13)11-20-12-16(18)15-9-5-6-10-17(15)19-2/h3-6,9-10,13-14H,7-8,11-12H2,1-2H3. The molecule has 0 amide bonds. The minimum Gasteiger partial charge on any atom is -0.496 e. The quantitative estimate of drug-likeness (QED) is 0.588. The lowest BCUT2D eigenvalue weighted by atomic mass is 9.85. The van der Waals surface area contributed by atoms with Gasteiger partial charge >= 0.3 is 0 Å². The molecule has 3 heteroatoms. The van der Waals surface area contributed by atoms with Crippen molar-refractivity contribution in [2.45, 2.75) is 19.8 Å². The first kappa shape index (κ1) is 14.8. The van der Waals surface area contributed by atoms with Gasteiger partial charge in [-0.2, -0.15) is 0 Å². The third-order valence-electron chi connectivity index (χ3n) is 3.89. The zero-order valence-electron chi connectivity index (χ0n) is 12.2. The Labute approximate surface area is 120 Å². The van der Waals surface area contributed by atoms with Crippen LogP contribution in [0.25, 0.3) is 0 Å². The van der Waals surface area contributed by atoms with Crippen LogP contribution in [0.15, 0.2) is 36.4 Å². The van der Waals surface area contributed by atoms with Gasteiger partial charge in [0.05, 0.1) is 19.3 Å². The maximum atomic E-state index is 12.1.